The lowest BCUT2D eigenvalue weighted by molar-refractivity contribution is -0.138. The Morgan fingerprint density at radius 2 is 1.39 bits per heavy atom. The minimum atomic E-state index is 0.307. The molecule has 2 aliphatic heterocycles. The first-order chi connectivity index (χ1) is 11.3. The number of anilines is 2. The molecule has 1 aromatic rings. The van der Waals surface area contributed by atoms with Gasteiger partial charge in [0.15, 0.2) is 11.6 Å². The number of hydrogen-bond acceptors (Lipinski definition) is 5. The van der Waals surface area contributed by atoms with Gasteiger partial charge in [-0.2, -0.15) is 0 Å². The monoisotopic (exact) mass is 315 g/mol. The highest BCUT2D eigenvalue weighted by molar-refractivity contribution is 5.79. The van der Waals surface area contributed by atoms with Gasteiger partial charge >= 0.3 is 0 Å². The van der Waals surface area contributed by atoms with Gasteiger partial charge in [-0.1, -0.05) is 6.42 Å². The summed E-state index contributed by atoms with van der Waals surface area (Å²) in [6.07, 6.45) is 5.89. The van der Waals surface area contributed by atoms with Crippen molar-refractivity contribution in [3.05, 3.63) is 12.1 Å². The molecule has 0 atom stereocenters. The minimum absolute atomic E-state index is 0.307. The molecule has 1 saturated carbocycles. The Hall–Kier alpha value is -1.85. The molecule has 0 radical (unpaired) electrons. The molecule has 1 aliphatic carbocycles. The standard InChI is InChI=1S/C17H25N5O/c23-17(14-4-3-5-14)22-12-10-21(11-13-22)16-7-6-15(18-19-16)20-8-1-2-9-20/h6-7,14H,1-5,8-13H2. The molecule has 0 spiro atoms. The van der Waals surface area contributed by atoms with Gasteiger partial charge in [-0.15, -0.1) is 10.2 Å². The topological polar surface area (TPSA) is 52.6 Å². The van der Waals surface area contributed by atoms with E-state index < -0.39 is 0 Å². The van der Waals surface area contributed by atoms with Crippen molar-refractivity contribution in [1.82, 2.24) is 15.1 Å². The van der Waals surface area contributed by atoms with Crippen LogP contribution in [0.3, 0.4) is 0 Å². The summed E-state index contributed by atoms with van der Waals surface area (Å²) in [4.78, 5) is 18.9. The Labute approximate surface area is 137 Å². The van der Waals surface area contributed by atoms with Crippen LogP contribution >= 0.6 is 0 Å². The summed E-state index contributed by atoms with van der Waals surface area (Å²) in [7, 11) is 0. The molecular formula is C17H25N5O. The first-order valence-corrected chi connectivity index (χ1v) is 8.94. The van der Waals surface area contributed by atoms with Crippen LogP contribution in [0.5, 0.6) is 0 Å². The summed E-state index contributed by atoms with van der Waals surface area (Å²) in [5.74, 6) is 2.60. The van der Waals surface area contributed by atoms with Gasteiger partial charge in [0.25, 0.3) is 0 Å². The zero-order valence-electron chi connectivity index (χ0n) is 13.7. The second-order valence-corrected chi connectivity index (χ2v) is 6.88. The Balaban J connectivity index is 1.33. The molecule has 2 saturated heterocycles. The van der Waals surface area contributed by atoms with Crippen molar-refractivity contribution in [2.75, 3.05) is 49.1 Å². The van der Waals surface area contributed by atoms with E-state index in [4.69, 9.17) is 0 Å². The zero-order chi connectivity index (χ0) is 15.6. The molecule has 124 valence electrons. The van der Waals surface area contributed by atoms with Crippen molar-refractivity contribution in [3.63, 3.8) is 0 Å². The highest BCUT2D eigenvalue weighted by Gasteiger charge is 2.31. The second kappa shape index (κ2) is 6.34. The van der Waals surface area contributed by atoms with Gasteiger partial charge in [0, 0.05) is 45.2 Å². The van der Waals surface area contributed by atoms with Gasteiger partial charge in [0.1, 0.15) is 0 Å². The number of aromatic nitrogens is 2. The summed E-state index contributed by atoms with van der Waals surface area (Å²) in [5, 5.41) is 8.80. The van der Waals surface area contributed by atoms with E-state index in [9.17, 15) is 4.79 Å². The summed E-state index contributed by atoms with van der Waals surface area (Å²) in [6.45, 7) is 5.52. The fourth-order valence-electron chi connectivity index (χ4n) is 3.67. The molecule has 1 aromatic heterocycles. The first kappa shape index (κ1) is 14.7. The lowest BCUT2D eigenvalue weighted by atomic mass is 9.84. The fraction of sp³-hybridized carbons (Fsp3) is 0.706. The molecular weight excluding hydrogens is 290 g/mol. The van der Waals surface area contributed by atoms with Crippen molar-refractivity contribution < 1.29 is 4.79 Å². The summed E-state index contributed by atoms with van der Waals surface area (Å²) in [5.41, 5.74) is 0. The molecule has 4 rings (SSSR count). The van der Waals surface area contributed by atoms with Crippen LogP contribution in [0.15, 0.2) is 12.1 Å². The van der Waals surface area contributed by atoms with Crippen molar-refractivity contribution >= 4 is 17.5 Å². The van der Waals surface area contributed by atoms with E-state index in [0.717, 1.165) is 63.7 Å². The van der Waals surface area contributed by atoms with E-state index >= 15 is 0 Å². The maximum atomic E-state index is 12.3. The normalized spacial score (nSPS) is 22.3. The Morgan fingerprint density at radius 1 is 0.826 bits per heavy atom. The van der Waals surface area contributed by atoms with Crippen LogP contribution in [-0.4, -0.2) is 60.3 Å². The number of piperazine rings is 1. The molecule has 3 fully saturated rings. The van der Waals surface area contributed by atoms with Crippen LogP contribution in [-0.2, 0) is 4.79 Å². The van der Waals surface area contributed by atoms with E-state index in [1.165, 1.54) is 19.3 Å². The highest BCUT2D eigenvalue weighted by Crippen LogP contribution is 2.29. The Kier molecular flexibility index (Phi) is 4.06. The first-order valence-electron chi connectivity index (χ1n) is 8.94. The third-order valence-corrected chi connectivity index (χ3v) is 5.44. The molecule has 0 unspecified atom stereocenters. The largest absolute Gasteiger partial charge is 0.355 e. The summed E-state index contributed by atoms with van der Waals surface area (Å²) in [6, 6.07) is 4.16. The van der Waals surface area contributed by atoms with E-state index in [1.54, 1.807) is 0 Å². The van der Waals surface area contributed by atoms with Crippen LogP contribution in [0.2, 0.25) is 0 Å². The van der Waals surface area contributed by atoms with Crippen LogP contribution < -0.4 is 9.80 Å². The van der Waals surface area contributed by atoms with Crippen molar-refractivity contribution in [3.8, 4) is 0 Å². The lowest BCUT2D eigenvalue weighted by Gasteiger charge is -2.38. The zero-order valence-corrected chi connectivity index (χ0v) is 13.7. The number of hydrogen-bond donors (Lipinski definition) is 0. The van der Waals surface area contributed by atoms with Gasteiger partial charge in [-0.3, -0.25) is 4.79 Å². The van der Waals surface area contributed by atoms with E-state index in [-0.39, 0.29) is 0 Å². The molecule has 6 heteroatoms. The van der Waals surface area contributed by atoms with Crippen molar-refractivity contribution in [2.24, 2.45) is 5.92 Å². The Morgan fingerprint density at radius 3 is 1.87 bits per heavy atom. The number of rotatable bonds is 3. The molecule has 1 amide bonds. The quantitative estimate of drug-likeness (QED) is 0.846. The van der Waals surface area contributed by atoms with Gasteiger partial charge in [-0.05, 0) is 37.8 Å². The SMILES string of the molecule is O=C(C1CCC1)N1CCN(c2ccc(N3CCCC3)nn2)CC1. The average Bonchev–Trinajstić information content (AvgIpc) is 3.08. The van der Waals surface area contributed by atoms with Gasteiger partial charge in [0.05, 0.1) is 0 Å². The summed E-state index contributed by atoms with van der Waals surface area (Å²) < 4.78 is 0. The fourth-order valence-corrected chi connectivity index (χ4v) is 3.67. The predicted octanol–water partition coefficient (Wildman–Crippen LogP) is 1.53. The van der Waals surface area contributed by atoms with Gasteiger partial charge in [-0.25, -0.2) is 0 Å². The van der Waals surface area contributed by atoms with Crippen LogP contribution in [0, 0.1) is 5.92 Å². The number of nitrogens with zero attached hydrogens (tertiary/aromatic N) is 5. The van der Waals surface area contributed by atoms with Crippen molar-refractivity contribution in [2.45, 2.75) is 32.1 Å². The third kappa shape index (κ3) is 2.99. The Bertz CT molecular complexity index is 543. The predicted molar refractivity (Wildman–Crippen MR) is 89.6 cm³/mol. The molecule has 3 heterocycles. The van der Waals surface area contributed by atoms with Crippen LogP contribution in [0.25, 0.3) is 0 Å². The molecule has 23 heavy (non-hydrogen) atoms. The molecule has 6 nitrogen and oxygen atoms in total. The summed E-state index contributed by atoms with van der Waals surface area (Å²) >= 11 is 0. The maximum absolute atomic E-state index is 12.3. The molecule has 0 N–H and O–H groups in total. The smallest absolute Gasteiger partial charge is 0.225 e. The maximum Gasteiger partial charge on any atom is 0.225 e. The van der Waals surface area contributed by atoms with Crippen LogP contribution in [0.1, 0.15) is 32.1 Å². The average molecular weight is 315 g/mol. The lowest BCUT2D eigenvalue weighted by Crippen LogP contribution is -2.51. The van der Waals surface area contributed by atoms with Crippen molar-refractivity contribution in [1.29, 1.82) is 0 Å². The van der Waals surface area contributed by atoms with E-state index in [2.05, 4.69) is 32.1 Å². The van der Waals surface area contributed by atoms with Gasteiger partial charge < -0.3 is 14.7 Å². The number of carbonyl (C=O) groups is 1. The molecule has 0 bridgehead atoms. The molecule has 0 aromatic carbocycles. The third-order valence-electron chi connectivity index (χ3n) is 5.44. The number of carbonyl (C=O) groups excluding carboxylic acids is 1. The van der Waals surface area contributed by atoms with E-state index in [1.807, 2.05) is 4.90 Å². The minimum Gasteiger partial charge on any atom is -0.355 e. The highest BCUT2D eigenvalue weighted by atomic mass is 16.2. The van der Waals surface area contributed by atoms with Gasteiger partial charge in [0.2, 0.25) is 5.91 Å². The second-order valence-electron chi connectivity index (χ2n) is 6.88. The van der Waals surface area contributed by atoms with Crippen LogP contribution in [0.4, 0.5) is 11.6 Å². The number of amides is 1. The molecule has 3 aliphatic rings. The van der Waals surface area contributed by atoms with E-state index in [0.29, 0.717) is 11.8 Å².